The lowest BCUT2D eigenvalue weighted by Gasteiger charge is -2.28. The first-order chi connectivity index (χ1) is 13.8. The van der Waals surface area contributed by atoms with E-state index < -0.39 is 29.9 Å². The van der Waals surface area contributed by atoms with Gasteiger partial charge in [-0.2, -0.15) is 0 Å². The molecule has 0 aromatic heterocycles. The van der Waals surface area contributed by atoms with Crippen LogP contribution in [0.4, 0.5) is 0 Å². The highest BCUT2D eigenvalue weighted by molar-refractivity contribution is 6.19. The minimum atomic E-state index is -1.23. The molecule has 0 atom stereocenters. The Bertz CT molecular complexity index is 979. The third-order valence-corrected chi connectivity index (χ3v) is 4.71. The number of nitrogens with zero attached hydrogens (tertiary/aromatic N) is 1. The number of aryl methyl sites for hydroxylation is 1. The van der Waals surface area contributed by atoms with Crippen LogP contribution in [0.25, 0.3) is 11.1 Å². The number of benzene rings is 2. The van der Waals surface area contributed by atoms with E-state index in [0.29, 0.717) is 0 Å². The van der Waals surface area contributed by atoms with E-state index in [0.717, 1.165) is 16.7 Å². The fourth-order valence-electron chi connectivity index (χ4n) is 3.22. The largest absolute Gasteiger partial charge is 0.511 e. The molecule has 0 aliphatic carbocycles. The lowest BCUT2D eigenvalue weighted by Crippen LogP contribution is -2.43. The minimum absolute atomic E-state index is 0.142. The highest BCUT2D eigenvalue weighted by Gasteiger charge is 2.32. The van der Waals surface area contributed by atoms with Crippen molar-refractivity contribution in [3.8, 4) is 11.1 Å². The Kier molecular flexibility index (Phi) is 5.97. The quantitative estimate of drug-likeness (QED) is 0.652. The van der Waals surface area contributed by atoms with Crippen molar-refractivity contribution in [1.29, 1.82) is 0 Å². The molecule has 0 unspecified atom stereocenters. The molecular formula is C22H22N2O5. The van der Waals surface area contributed by atoms with E-state index in [4.69, 9.17) is 5.11 Å². The van der Waals surface area contributed by atoms with Gasteiger partial charge in [0.25, 0.3) is 11.8 Å². The highest BCUT2D eigenvalue weighted by Crippen LogP contribution is 2.23. The summed E-state index contributed by atoms with van der Waals surface area (Å²) in [5.41, 5.74) is 3.84. The van der Waals surface area contributed by atoms with E-state index in [-0.39, 0.29) is 25.3 Å². The Labute approximate surface area is 168 Å². The lowest BCUT2D eigenvalue weighted by atomic mass is 10.0. The zero-order chi connectivity index (χ0) is 21.0. The van der Waals surface area contributed by atoms with Gasteiger partial charge in [0.05, 0.1) is 0 Å². The Morgan fingerprint density at radius 2 is 1.83 bits per heavy atom. The van der Waals surface area contributed by atoms with Crippen LogP contribution in [-0.4, -0.2) is 46.0 Å². The molecule has 1 heterocycles. The van der Waals surface area contributed by atoms with Gasteiger partial charge >= 0.3 is 5.97 Å². The molecule has 29 heavy (non-hydrogen) atoms. The van der Waals surface area contributed by atoms with E-state index in [1.54, 1.807) is 0 Å². The molecule has 0 saturated heterocycles. The molecule has 7 heteroatoms. The van der Waals surface area contributed by atoms with Gasteiger partial charge in [-0.05, 0) is 23.6 Å². The van der Waals surface area contributed by atoms with Gasteiger partial charge in [-0.1, -0.05) is 54.1 Å². The van der Waals surface area contributed by atoms with Crippen LogP contribution in [-0.2, 0) is 20.9 Å². The summed E-state index contributed by atoms with van der Waals surface area (Å²) in [5.74, 6) is -3.04. The topological polar surface area (TPSA) is 107 Å². The lowest BCUT2D eigenvalue weighted by molar-refractivity contribution is -0.138. The van der Waals surface area contributed by atoms with E-state index in [9.17, 15) is 19.5 Å². The third kappa shape index (κ3) is 4.82. The predicted molar refractivity (Wildman–Crippen MR) is 107 cm³/mol. The molecule has 0 radical (unpaired) electrons. The van der Waals surface area contributed by atoms with Crippen LogP contribution in [0.15, 0.2) is 59.9 Å². The second kappa shape index (κ2) is 8.60. The van der Waals surface area contributed by atoms with Gasteiger partial charge in [0.15, 0.2) is 0 Å². The van der Waals surface area contributed by atoms with Crippen molar-refractivity contribution in [3.05, 3.63) is 71.0 Å². The van der Waals surface area contributed by atoms with Crippen LogP contribution < -0.4 is 5.32 Å². The fraction of sp³-hybridized carbons (Fsp3) is 0.227. The second-order valence-electron chi connectivity index (χ2n) is 6.94. The monoisotopic (exact) mass is 394 g/mol. The first-order valence-electron chi connectivity index (χ1n) is 9.22. The van der Waals surface area contributed by atoms with Crippen LogP contribution in [0.3, 0.4) is 0 Å². The maximum absolute atomic E-state index is 12.7. The summed E-state index contributed by atoms with van der Waals surface area (Å²) < 4.78 is 0. The summed E-state index contributed by atoms with van der Waals surface area (Å²) in [6, 6.07) is 16.0. The van der Waals surface area contributed by atoms with Crippen molar-refractivity contribution in [2.24, 2.45) is 0 Å². The number of nitrogens with one attached hydrogen (secondary N) is 1. The number of carboxylic acid groups (broad SMARTS) is 1. The normalized spacial score (nSPS) is 14.1. The SMILES string of the molecule is Cc1cccc(-c2ccc(CN3CCC(O)=C(C(=O)NCC(=O)O)C3=O)cc2)c1. The first-order valence-corrected chi connectivity index (χ1v) is 9.22. The summed E-state index contributed by atoms with van der Waals surface area (Å²) in [5, 5.41) is 20.8. The molecule has 0 bridgehead atoms. The van der Waals surface area contributed by atoms with E-state index >= 15 is 0 Å². The summed E-state index contributed by atoms with van der Waals surface area (Å²) in [6.45, 7) is 1.98. The van der Waals surface area contributed by atoms with Crippen LogP contribution in [0.5, 0.6) is 0 Å². The first kappa shape index (κ1) is 20.1. The number of hydrogen-bond donors (Lipinski definition) is 3. The number of amides is 2. The molecule has 3 rings (SSSR count). The van der Waals surface area contributed by atoms with Crippen LogP contribution in [0.2, 0.25) is 0 Å². The maximum atomic E-state index is 12.7. The average Bonchev–Trinajstić information content (AvgIpc) is 2.69. The zero-order valence-corrected chi connectivity index (χ0v) is 16.0. The predicted octanol–water partition coefficient (Wildman–Crippen LogP) is 2.41. The number of aliphatic hydroxyl groups excluding tert-OH is 1. The maximum Gasteiger partial charge on any atom is 0.322 e. The average molecular weight is 394 g/mol. The number of aliphatic carboxylic acids is 1. The number of aliphatic hydroxyl groups is 1. The van der Waals surface area contributed by atoms with Gasteiger partial charge in [-0.25, -0.2) is 0 Å². The molecule has 2 aromatic carbocycles. The molecular weight excluding hydrogens is 372 g/mol. The molecule has 3 N–H and O–H groups in total. The smallest absolute Gasteiger partial charge is 0.322 e. The van der Waals surface area contributed by atoms with E-state index in [1.807, 2.05) is 49.4 Å². The van der Waals surface area contributed by atoms with Crippen molar-refractivity contribution in [3.63, 3.8) is 0 Å². The molecule has 2 amide bonds. The van der Waals surface area contributed by atoms with Gasteiger partial charge in [0, 0.05) is 19.5 Å². The fourth-order valence-corrected chi connectivity index (χ4v) is 3.22. The third-order valence-electron chi connectivity index (χ3n) is 4.71. The Morgan fingerprint density at radius 1 is 1.10 bits per heavy atom. The van der Waals surface area contributed by atoms with Crippen LogP contribution in [0, 0.1) is 6.92 Å². The zero-order valence-electron chi connectivity index (χ0n) is 16.0. The van der Waals surface area contributed by atoms with Crippen molar-refractivity contribution < 1.29 is 24.6 Å². The summed E-state index contributed by atoms with van der Waals surface area (Å²) >= 11 is 0. The Morgan fingerprint density at radius 3 is 2.48 bits per heavy atom. The molecule has 0 fully saturated rings. The van der Waals surface area contributed by atoms with E-state index in [2.05, 4.69) is 11.4 Å². The number of hydrogen-bond acceptors (Lipinski definition) is 4. The van der Waals surface area contributed by atoms with Gasteiger partial charge in [-0.15, -0.1) is 0 Å². The van der Waals surface area contributed by atoms with Crippen LogP contribution >= 0.6 is 0 Å². The number of carboxylic acids is 1. The molecule has 1 aliphatic heterocycles. The number of carbonyl (C=O) groups is 3. The minimum Gasteiger partial charge on any atom is -0.511 e. The van der Waals surface area contributed by atoms with Crippen molar-refractivity contribution in [1.82, 2.24) is 10.2 Å². The van der Waals surface area contributed by atoms with Crippen molar-refractivity contribution in [2.75, 3.05) is 13.1 Å². The standard InChI is InChI=1S/C22H22N2O5/c1-14-3-2-4-17(11-14)16-7-5-15(6-8-16)13-24-10-9-18(25)20(22(24)29)21(28)23-12-19(26)27/h2-8,11,25H,9-10,12-13H2,1H3,(H,23,28)(H,26,27). The Balaban J connectivity index is 1.71. The second-order valence-corrected chi connectivity index (χ2v) is 6.94. The number of carbonyl (C=O) groups excluding carboxylic acids is 2. The molecule has 0 spiro atoms. The Hall–Kier alpha value is -3.61. The molecule has 2 aromatic rings. The summed E-state index contributed by atoms with van der Waals surface area (Å²) in [4.78, 5) is 36.8. The van der Waals surface area contributed by atoms with Gasteiger partial charge in [-0.3, -0.25) is 14.4 Å². The van der Waals surface area contributed by atoms with Crippen molar-refractivity contribution in [2.45, 2.75) is 19.9 Å². The van der Waals surface area contributed by atoms with E-state index in [1.165, 1.54) is 10.5 Å². The molecule has 150 valence electrons. The summed E-state index contributed by atoms with van der Waals surface area (Å²) in [7, 11) is 0. The van der Waals surface area contributed by atoms with Crippen LogP contribution in [0.1, 0.15) is 17.5 Å². The van der Waals surface area contributed by atoms with Gasteiger partial charge in [0.2, 0.25) is 0 Å². The molecule has 1 aliphatic rings. The number of rotatable bonds is 6. The van der Waals surface area contributed by atoms with Gasteiger partial charge < -0.3 is 20.4 Å². The highest BCUT2D eigenvalue weighted by atomic mass is 16.4. The molecule has 7 nitrogen and oxygen atoms in total. The molecule has 0 saturated carbocycles. The summed E-state index contributed by atoms with van der Waals surface area (Å²) in [6.07, 6.45) is 0.142. The van der Waals surface area contributed by atoms with Gasteiger partial charge in [0.1, 0.15) is 17.9 Å². The van der Waals surface area contributed by atoms with Crippen molar-refractivity contribution >= 4 is 17.8 Å².